The van der Waals surface area contributed by atoms with Crippen molar-refractivity contribution in [1.82, 2.24) is 0 Å². The van der Waals surface area contributed by atoms with Crippen LogP contribution in [-0.2, 0) is 10.2 Å². The van der Waals surface area contributed by atoms with Crippen LogP contribution in [-0.4, -0.2) is 10.7 Å². The van der Waals surface area contributed by atoms with Crippen molar-refractivity contribution in [3.8, 4) is 0 Å². The minimum Gasteiger partial charge on any atom is -0.299 e. The molecule has 20 heavy (non-hydrogen) atoms. The minimum atomic E-state index is -0.384. The molecule has 2 fully saturated rings. The molecule has 0 aromatic heterocycles. The van der Waals surface area contributed by atoms with Crippen LogP contribution >= 0.6 is 0 Å². The van der Waals surface area contributed by atoms with Gasteiger partial charge in [0.2, 0.25) is 0 Å². The van der Waals surface area contributed by atoms with Crippen molar-refractivity contribution in [1.29, 1.82) is 0 Å². The number of fused-ring (bicyclic) bond motifs is 2. The van der Waals surface area contributed by atoms with Crippen molar-refractivity contribution in [3.05, 3.63) is 39.9 Å². The molecule has 0 heterocycles. The summed E-state index contributed by atoms with van der Waals surface area (Å²) >= 11 is 0. The second kappa shape index (κ2) is 3.68. The van der Waals surface area contributed by atoms with E-state index in [-0.39, 0.29) is 26.9 Å². The maximum Gasteiger partial charge on any atom is 0.269 e. The zero-order valence-corrected chi connectivity index (χ0v) is 12.1. The number of non-ortho nitro benzene ring substituents is 1. The van der Waals surface area contributed by atoms with Crippen LogP contribution < -0.4 is 0 Å². The van der Waals surface area contributed by atoms with E-state index in [0.717, 1.165) is 18.4 Å². The lowest BCUT2D eigenvalue weighted by atomic mass is 9.62. The van der Waals surface area contributed by atoms with Gasteiger partial charge in [0, 0.05) is 29.4 Å². The third-order valence-electron chi connectivity index (χ3n) is 6.34. The van der Waals surface area contributed by atoms with E-state index < -0.39 is 0 Å². The molecular formula is C16H19NO3. The number of ketones is 1. The fourth-order valence-corrected chi connectivity index (χ4v) is 4.39. The van der Waals surface area contributed by atoms with Crippen molar-refractivity contribution in [2.75, 3.05) is 0 Å². The summed E-state index contributed by atoms with van der Waals surface area (Å²) in [4.78, 5) is 22.8. The molecule has 4 heteroatoms. The molecule has 2 saturated carbocycles. The Kier molecular flexibility index (Phi) is 2.45. The summed E-state index contributed by atoms with van der Waals surface area (Å²) < 4.78 is 0. The fraction of sp³-hybridized carbons (Fsp3) is 0.562. The Morgan fingerprint density at radius 3 is 2.10 bits per heavy atom. The standard InChI is InChI=1S/C16H19NO3/c1-14(2)15(3)8-9-16(14,10-13(15)18)11-4-6-12(7-5-11)17(19)20/h4-7H,8-10H2,1-3H3. The summed E-state index contributed by atoms with van der Waals surface area (Å²) in [6.07, 6.45) is 2.46. The van der Waals surface area contributed by atoms with Crippen molar-refractivity contribution in [3.63, 3.8) is 0 Å². The number of hydrogen-bond acceptors (Lipinski definition) is 3. The molecule has 2 unspecified atom stereocenters. The van der Waals surface area contributed by atoms with Crippen molar-refractivity contribution in [2.24, 2.45) is 10.8 Å². The zero-order valence-electron chi connectivity index (χ0n) is 12.1. The van der Waals surface area contributed by atoms with Crippen molar-refractivity contribution >= 4 is 11.5 Å². The van der Waals surface area contributed by atoms with Crippen LogP contribution in [0.3, 0.4) is 0 Å². The van der Waals surface area contributed by atoms with Crippen LogP contribution in [0.5, 0.6) is 0 Å². The lowest BCUT2D eigenvalue weighted by molar-refractivity contribution is -0.384. The number of nitro benzene ring substituents is 1. The third kappa shape index (κ3) is 1.29. The topological polar surface area (TPSA) is 60.2 Å². The molecule has 2 bridgehead atoms. The molecule has 3 rings (SSSR count). The number of carbonyl (C=O) groups is 1. The first-order chi connectivity index (χ1) is 9.24. The van der Waals surface area contributed by atoms with E-state index in [9.17, 15) is 14.9 Å². The van der Waals surface area contributed by atoms with Crippen molar-refractivity contribution < 1.29 is 9.72 Å². The maximum atomic E-state index is 12.4. The fourth-order valence-electron chi connectivity index (χ4n) is 4.39. The molecule has 0 N–H and O–H groups in total. The first kappa shape index (κ1) is 13.3. The third-order valence-corrected chi connectivity index (χ3v) is 6.34. The summed E-state index contributed by atoms with van der Waals surface area (Å²) in [5.74, 6) is 0.340. The monoisotopic (exact) mass is 273 g/mol. The van der Waals surface area contributed by atoms with Gasteiger partial charge in [-0.05, 0) is 23.8 Å². The Hall–Kier alpha value is -1.71. The summed E-state index contributed by atoms with van der Waals surface area (Å²) in [6.45, 7) is 6.42. The first-order valence-electron chi connectivity index (χ1n) is 7.03. The van der Waals surface area contributed by atoms with E-state index in [1.54, 1.807) is 12.1 Å². The second-order valence-electron chi connectivity index (χ2n) is 6.94. The Morgan fingerprint density at radius 2 is 1.70 bits per heavy atom. The molecule has 2 aliphatic carbocycles. The number of nitro groups is 1. The van der Waals surface area contributed by atoms with E-state index in [1.165, 1.54) is 0 Å². The van der Waals surface area contributed by atoms with Gasteiger partial charge in [0.15, 0.2) is 0 Å². The van der Waals surface area contributed by atoms with E-state index in [1.807, 2.05) is 12.1 Å². The summed E-state index contributed by atoms with van der Waals surface area (Å²) in [5, 5.41) is 10.8. The van der Waals surface area contributed by atoms with Gasteiger partial charge in [-0.15, -0.1) is 0 Å². The summed E-state index contributed by atoms with van der Waals surface area (Å²) in [6, 6.07) is 6.78. The molecule has 4 nitrogen and oxygen atoms in total. The second-order valence-corrected chi connectivity index (χ2v) is 6.94. The van der Waals surface area contributed by atoms with Gasteiger partial charge in [0.1, 0.15) is 5.78 Å². The molecule has 1 aromatic rings. The Balaban J connectivity index is 2.10. The molecule has 2 atom stereocenters. The first-order valence-corrected chi connectivity index (χ1v) is 7.03. The van der Waals surface area contributed by atoms with Crippen molar-refractivity contribution in [2.45, 2.75) is 45.4 Å². The van der Waals surface area contributed by atoms with Crippen LogP contribution in [0.1, 0.15) is 45.6 Å². The van der Waals surface area contributed by atoms with Crippen LogP contribution in [0.2, 0.25) is 0 Å². The average molecular weight is 273 g/mol. The van der Waals surface area contributed by atoms with E-state index in [2.05, 4.69) is 20.8 Å². The van der Waals surface area contributed by atoms with Crippen LogP contribution in [0.15, 0.2) is 24.3 Å². The number of rotatable bonds is 2. The Bertz CT molecular complexity index is 605. The summed E-state index contributed by atoms with van der Waals surface area (Å²) in [5.41, 5.74) is 0.659. The highest BCUT2D eigenvalue weighted by Gasteiger charge is 2.69. The lowest BCUT2D eigenvalue weighted by Crippen LogP contribution is -2.38. The smallest absolute Gasteiger partial charge is 0.269 e. The zero-order chi connectivity index (χ0) is 14.8. The number of hydrogen-bond donors (Lipinski definition) is 0. The van der Waals surface area contributed by atoms with Crippen LogP contribution in [0.4, 0.5) is 5.69 Å². The van der Waals surface area contributed by atoms with Crippen LogP contribution in [0.25, 0.3) is 0 Å². The van der Waals surface area contributed by atoms with E-state index in [0.29, 0.717) is 12.2 Å². The quantitative estimate of drug-likeness (QED) is 0.610. The molecule has 2 aliphatic rings. The van der Waals surface area contributed by atoms with Gasteiger partial charge >= 0.3 is 0 Å². The van der Waals surface area contributed by atoms with Gasteiger partial charge in [0.05, 0.1) is 4.92 Å². The SMILES string of the molecule is CC12CCC(c3ccc([N+](=O)[O-])cc3)(CC1=O)C2(C)C. The van der Waals surface area contributed by atoms with E-state index in [4.69, 9.17) is 0 Å². The number of nitrogens with zero attached hydrogens (tertiary/aromatic N) is 1. The molecule has 0 amide bonds. The van der Waals surface area contributed by atoms with Gasteiger partial charge in [0.25, 0.3) is 5.69 Å². The molecule has 106 valence electrons. The van der Waals surface area contributed by atoms with Gasteiger partial charge in [-0.1, -0.05) is 32.9 Å². The highest BCUT2D eigenvalue weighted by Crippen LogP contribution is 2.70. The number of benzene rings is 1. The lowest BCUT2D eigenvalue weighted by Gasteiger charge is -2.40. The largest absolute Gasteiger partial charge is 0.299 e. The van der Waals surface area contributed by atoms with Gasteiger partial charge < -0.3 is 0 Å². The normalized spacial score (nSPS) is 34.5. The Morgan fingerprint density at radius 1 is 1.10 bits per heavy atom. The Labute approximate surface area is 118 Å². The van der Waals surface area contributed by atoms with E-state index >= 15 is 0 Å². The molecule has 0 spiro atoms. The molecule has 0 radical (unpaired) electrons. The highest BCUT2D eigenvalue weighted by molar-refractivity contribution is 5.91. The number of Topliss-reactive ketones (excluding diaryl/α,β-unsaturated/α-hetero) is 1. The van der Waals surface area contributed by atoms with Gasteiger partial charge in [-0.25, -0.2) is 0 Å². The average Bonchev–Trinajstić information content (AvgIpc) is 2.69. The van der Waals surface area contributed by atoms with Gasteiger partial charge in [-0.2, -0.15) is 0 Å². The molecule has 0 aliphatic heterocycles. The predicted molar refractivity (Wildman–Crippen MR) is 75.5 cm³/mol. The number of carbonyl (C=O) groups excluding carboxylic acids is 1. The minimum absolute atomic E-state index is 0.104. The molecule has 0 saturated heterocycles. The van der Waals surface area contributed by atoms with Gasteiger partial charge in [-0.3, -0.25) is 14.9 Å². The van der Waals surface area contributed by atoms with Crippen LogP contribution in [0, 0.1) is 20.9 Å². The molecular weight excluding hydrogens is 254 g/mol. The predicted octanol–water partition coefficient (Wildman–Crippen LogP) is 3.63. The maximum absolute atomic E-state index is 12.4. The highest BCUT2D eigenvalue weighted by atomic mass is 16.6. The summed E-state index contributed by atoms with van der Waals surface area (Å²) in [7, 11) is 0. The molecule has 1 aromatic carbocycles.